The minimum atomic E-state index is -0.852. The van der Waals surface area contributed by atoms with Crippen LogP contribution in [0.25, 0.3) is 0 Å². The van der Waals surface area contributed by atoms with Crippen LogP contribution in [0.3, 0.4) is 0 Å². The minimum Gasteiger partial charge on any atom is -0.396 e. The Morgan fingerprint density at radius 1 is 1.10 bits per heavy atom. The third-order valence-electron chi connectivity index (χ3n) is 3.75. The van der Waals surface area contributed by atoms with Crippen molar-refractivity contribution in [1.82, 2.24) is 5.32 Å². The van der Waals surface area contributed by atoms with Gasteiger partial charge in [0.05, 0.1) is 11.3 Å². The van der Waals surface area contributed by atoms with Crippen LogP contribution in [0.4, 0.5) is 14.5 Å². The second-order valence-corrected chi connectivity index (χ2v) is 5.37. The molecule has 0 atom stereocenters. The fraction of sp³-hybridized carbons (Fsp3) is 0.533. The van der Waals surface area contributed by atoms with Crippen LogP contribution in [0.15, 0.2) is 12.1 Å². The molecule has 0 aliphatic heterocycles. The molecule has 0 radical (unpaired) electrons. The van der Waals surface area contributed by atoms with Crippen LogP contribution in [0, 0.1) is 11.6 Å². The number of amides is 1. The largest absolute Gasteiger partial charge is 0.396 e. The molecule has 5 heteroatoms. The second kappa shape index (κ2) is 6.68. The molecule has 2 rings (SSSR count). The van der Waals surface area contributed by atoms with Gasteiger partial charge in [0.1, 0.15) is 5.82 Å². The minimum absolute atomic E-state index is 0.0340. The molecule has 0 unspecified atom stereocenters. The zero-order valence-corrected chi connectivity index (χ0v) is 11.4. The van der Waals surface area contributed by atoms with E-state index in [0.29, 0.717) is 0 Å². The van der Waals surface area contributed by atoms with E-state index in [2.05, 4.69) is 5.32 Å². The Morgan fingerprint density at radius 3 is 2.35 bits per heavy atom. The fourth-order valence-electron chi connectivity index (χ4n) is 2.64. The summed E-state index contributed by atoms with van der Waals surface area (Å²) in [5.74, 6) is -2.14. The molecular weight excluding hydrogens is 262 g/mol. The van der Waals surface area contributed by atoms with Crippen LogP contribution < -0.4 is 11.1 Å². The second-order valence-electron chi connectivity index (χ2n) is 5.37. The van der Waals surface area contributed by atoms with Crippen molar-refractivity contribution in [2.24, 2.45) is 0 Å². The zero-order chi connectivity index (χ0) is 14.5. The van der Waals surface area contributed by atoms with Crippen LogP contribution in [0.2, 0.25) is 0 Å². The molecule has 0 heterocycles. The normalized spacial score (nSPS) is 17.3. The molecule has 1 aromatic rings. The Labute approximate surface area is 117 Å². The molecule has 3 nitrogen and oxygen atoms in total. The molecule has 3 N–H and O–H groups in total. The van der Waals surface area contributed by atoms with Gasteiger partial charge in [-0.25, -0.2) is 8.78 Å². The Hall–Kier alpha value is -1.65. The molecule has 0 saturated heterocycles. The monoisotopic (exact) mass is 282 g/mol. The van der Waals surface area contributed by atoms with Gasteiger partial charge in [-0.2, -0.15) is 0 Å². The molecule has 0 bridgehead atoms. The molecule has 1 fully saturated rings. The molecular formula is C15H20F2N2O. The summed E-state index contributed by atoms with van der Waals surface area (Å²) in [6, 6.07) is 1.80. The van der Waals surface area contributed by atoms with Crippen molar-refractivity contribution < 1.29 is 13.6 Å². The van der Waals surface area contributed by atoms with E-state index < -0.39 is 17.5 Å². The standard InChI is InChI=1S/C15H20F2N2O/c16-10-8-12(14(17)13(18)9-10)15(20)19-11-6-4-2-1-3-5-7-11/h8-9,11H,1-7,18H2,(H,19,20). The number of nitrogens with two attached hydrogens (primary N) is 1. The summed E-state index contributed by atoms with van der Waals surface area (Å²) >= 11 is 0. The van der Waals surface area contributed by atoms with E-state index in [9.17, 15) is 13.6 Å². The van der Waals surface area contributed by atoms with Crippen LogP contribution >= 0.6 is 0 Å². The number of hydrogen-bond donors (Lipinski definition) is 2. The highest BCUT2D eigenvalue weighted by Crippen LogP contribution is 2.20. The molecule has 110 valence electrons. The summed E-state index contributed by atoms with van der Waals surface area (Å²) in [7, 11) is 0. The molecule has 1 aliphatic carbocycles. The first kappa shape index (κ1) is 14.8. The number of halogens is 2. The first-order chi connectivity index (χ1) is 9.58. The smallest absolute Gasteiger partial charge is 0.254 e. The van der Waals surface area contributed by atoms with E-state index in [4.69, 9.17) is 5.73 Å². The topological polar surface area (TPSA) is 55.1 Å². The summed E-state index contributed by atoms with van der Waals surface area (Å²) in [5.41, 5.74) is 4.69. The van der Waals surface area contributed by atoms with Gasteiger partial charge in [-0.05, 0) is 25.0 Å². The average Bonchev–Trinajstić information content (AvgIpc) is 2.36. The lowest BCUT2D eigenvalue weighted by Gasteiger charge is -2.21. The molecule has 1 saturated carbocycles. The fourth-order valence-corrected chi connectivity index (χ4v) is 2.64. The number of nitrogens with one attached hydrogen (secondary N) is 1. The molecule has 20 heavy (non-hydrogen) atoms. The van der Waals surface area contributed by atoms with Gasteiger partial charge in [0.2, 0.25) is 0 Å². The van der Waals surface area contributed by atoms with Crippen LogP contribution in [-0.2, 0) is 0 Å². The van der Waals surface area contributed by atoms with E-state index in [1.807, 2.05) is 0 Å². The predicted octanol–water partition coefficient (Wildman–Crippen LogP) is 3.39. The van der Waals surface area contributed by atoms with Crippen LogP contribution in [0.1, 0.15) is 55.3 Å². The highest BCUT2D eigenvalue weighted by atomic mass is 19.1. The van der Waals surface area contributed by atoms with E-state index in [1.54, 1.807) is 0 Å². The van der Waals surface area contributed by atoms with E-state index in [0.717, 1.165) is 50.7 Å². The van der Waals surface area contributed by atoms with E-state index in [1.165, 1.54) is 6.42 Å². The Kier molecular flexibility index (Phi) is 4.93. The van der Waals surface area contributed by atoms with Crippen molar-refractivity contribution in [3.8, 4) is 0 Å². The lowest BCUT2D eigenvalue weighted by molar-refractivity contribution is 0.0926. The van der Waals surface area contributed by atoms with Gasteiger partial charge in [0.25, 0.3) is 5.91 Å². The maximum Gasteiger partial charge on any atom is 0.254 e. The number of anilines is 1. The highest BCUT2D eigenvalue weighted by molar-refractivity contribution is 5.95. The van der Waals surface area contributed by atoms with Gasteiger partial charge in [-0.15, -0.1) is 0 Å². The van der Waals surface area contributed by atoms with Crippen molar-refractivity contribution in [1.29, 1.82) is 0 Å². The van der Waals surface area contributed by atoms with Crippen molar-refractivity contribution in [2.45, 2.75) is 51.0 Å². The third-order valence-corrected chi connectivity index (χ3v) is 3.75. The summed E-state index contributed by atoms with van der Waals surface area (Å²) in [6.45, 7) is 0. The molecule has 0 spiro atoms. The average molecular weight is 282 g/mol. The summed E-state index contributed by atoms with van der Waals surface area (Å²) in [6.07, 6.45) is 7.44. The van der Waals surface area contributed by atoms with Gasteiger partial charge in [0, 0.05) is 6.04 Å². The maximum absolute atomic E-state index is 13.8. The number of carbonyl (C=O) groups is 1. The summed E-state index contributed by atoms with van der Waals surface area (Å²) < 4.78 is 27.0. The summed E-state index contributed by atoms with van der Waals surface area (Å²) in [4.78, 5) is 12.1. The van der Waals surface area contributed by atoms with Gasteiger partial charge in [-0.1, -0.05) is 32.1 Å². The number of nitrogen functional groups attached to an aromatic ring is 1. The highest BCUT2D eigenvalue weighted by Gasteiger charge is 2.19. The van der Waals surface area contributed by atoms with Crippen LogP contribution in [-0.4, -0.2) is 11.9 Å². The molecule has 1 amide bonds. The van der Waals surface area contributed by atoms with Crippen molar-refractivity contribution in [3.05, 3.63) is 29.3 Å². The van der Waals surface area contributed by atoms with Crippen molar-refractivity contribution in [3.63, 3.8) is 0 Å². The van der Waals surface area contributed by atoms with Crippen LogP contribution in [0.5, 0.6) is 0 Å². The lowest BCUT2D eigenvalue weighted by Crippen LogP contribution is -2.35. The quantitative estimate of drug-likeness (QED) is 0.817. The third kappa shape index (κ3) is 3.68. The SMILES string of the molecule is Nc1cc(F)cc(C(=O)NC2CCCCCCC2)c1F. The number of carbonyl (C=O) groups excluding carboxylic acids is 1. The van der Waals surface area contributed by atoms with Crippen molar-refractivity contribution >= 4 is 11.6 Å². The zero-order valence-electron chi connectivity index (χ0n) is 11.4. The number of rotatable bonds is 2. The van der Waals surface area contributed by atoms with E-state index in [-0.39, 0.29) is 17.3 Å². The lowest BCUT2D eigenvalue weighted by atomic mass is 9.96. The van der Waals surface area contributed by atoms with Gasteiger partial charge in [-0.3, -0.25) is 4.79 Å². The number of hydrogen-bond acceptors (Lipinski definition) is 2. The van der Waals surface area contributed by atoms with Gasteiger partial charge < -0.3 is 11.1 Å². The number of benzene rings is 1. The van der Waals surface area contributed by atoms with Crippen molar-refractivity contribution in [2.75, 3.05) is 5.73 Å². The van der Waals surface area contributed by atoms with E-state index >= 15 is 0 Å². The molecule has 0 aromatic heterocycles. The van der Waals surface area contributed by atoms with Gasteiger partial charge >= 0.3 is 0 Å². The Morgan fingerprint density at radius 2 is 1.70 bits per heavy atom. The molecule has 1 aromatic carbocycles. The maximum atomic E-state index is 13.8. The molecule has 1 aliphatic rings. The Balaban J connectivity index is 2.07. The predicted molar refractivity (Wildman–Crippen MR) is 74.3 cm³/mol. The Bertz CT molecular complexity index is 483. The van der Waals surface area contributed by atoms with Gasteiger partial charge in [0.15, 0.2) is 5.82 Å². The first-order valence-corrected chi connectivity index (χ1v) is 7.13. The first-order valence-electron chi connectivity index (χ1n) is 7.13. The summed E-state index contributed by atoms with van der Waals surface area (Å²) in [5, 5.41) is 2.80.